The number of nitrogens with zero attached hydrogens (tertiary/aromatic N) is 1. The molecule has 0 amide bonds. The quantitative estimate of drug-likeness (QED) is 0.774. The molecule has 0 unspecified atom stereocenters. The van der Waals surface area contributed by atoms with E-state index in [9.17, 15) is 0 Å². The number of aromatic nitrogens is 1. The number of benzene rings is 1. The molecule has 2 nitrogen and oxygen atoms in total. The zero-order valence-corrected chi connectivity index (χ0v) is 11.3. The van der Waals surface area contributed by atoms with Gasteiger partial charge >= 0.3 is 0 Å². The van der Waals surface area contributed by atoms with Crippen molar-refractivity contribution in [3.8, 4) is 0 Å². The molecule has 0 N–H and O–H groups in total. The summed E-state index contributed by atoms with van der Waals surface area (Å²) in [5.74, 6) is 1.50. The van der Waals surface area contributed by atoms with Crippen LogP contribution in [0.15, 0.2) is 8.89 Å². The van der Waals surface area contributed by atoms with Crippen molar-refractivity contribution in [1.29, 1.82) is 0 Å². The lowest BCUT2D eigenvalue weighted by Gasteiger charge is -2.06. The van der Waals surface area contributed by atoms with Crippen LogP contribution in [0.5, 0.6) is 0 Å². The fourth-order valence-corrected chi connectivity index (χ4v) is 2.55. The van der Waals surface area contributed by atoms with Crippen LogP contribution in [0, 0.1) is 20.8 Å². The predicted molar refractivity (Wildman–Crippen MR) is 67.9 cm³/mol. The summed E-state index contributed by atoms with van der Waals surface area (Å²) in [4.78, 5) is 4.65. The molecule has 0 spiro atoms. The molecule has 2 aromatic rings. The first-order chi connectivity index (χ1) is 7.59. The molecule has 1 fully saturated rings. The molecule has 16 heavy (non-hydrogen) atoms. The Hall–Kier alpha value is -0.830. The van der Waals surface area contributed by atoms with Crippen molar-refractivity contribution in [2.24, 2.45) is 0 Å². The molecule has 84 valence electrons. The van der Waals surface area contributed by atoms with Gasteiger partial charge in [-0.15, -0.1) is 0 Å². The van der Waals surface area contributed by atoms with Crippen molar-refractivity contribution in [3.05, 3.63) is 27.1 Å². The first kappa shape index (κ1) is 10.3. The average Bonchev–Trinajstić information content (AvgIpc) is 3.03. The van der Waals surface area contributed by atoms with E-state index in [2.05, 4.69) is 41.7 Å². The van der Waals surface area contributed by atoms with E-state index in [1.807, 2.05) is 0 Å². The van der Waals surface area contributed by atoms with E-state index in [4.69, 9.17) is 4.42 Å². The highest BCUT2D eigenvalue weighted by Gasteiger charge is 2.30. The van der Waals surface area contributed by atoms with Crippen LogP contribution in [0.2, 0.25) is 0 Å². The molecule has 0 aliphatic heterocycles. The van der Waals surface area contributed by atoms with Crippen molar-refractivity contribution >= 4 is 27.0 Å². The van der Waals surface area contributed by atoms with Crippen LogP contribution in [-0.2, 0) is 0 Å². The van der Waals surface area contributed by atoms with E-state index in [1.165, 1.54) is 24.0 Å². The van der Waals surface area contributed by atoms with Crippen molar-refractivity contribution in [2.75, 3.05) is 0 Å². The molecule has 0 saturated heterocycles. The Balaban J connectivity index is 2.36. The smallest absolute Gasteiger partial charge is 0.198 e. The Bertz CT molecular complexity index is 536. The minimum absolute atomic E-state index is 0.574. The lowest BCUT2D eigenvalue weighted by atomic mass is 10.1. The van der Waals surface area contributed by atoms with Crippen LogP contribution in [0.4, 0.5) is 0 Å². The first-order valence-corrected chi connectivity index (χ1v) is 6.44. The van der Waals surface area contributed by atoms with Crippen molar-refractivity contribution in [1.82, 2.24) is 4.98 Å². The number of oxazole rings is 1. The molecule has 0 bridgehead atoms. The minimum Gasteiger partial charge on any atom is -0.440 e. The van der Waals surface area contributed by atoms with Gasteiger partial charge in [0.05, 0.1) is 0 Å². The van der Waals surface area contributed by atoms with E-state index in [-0.39, 0.29) is 0 Å². The molecule has 1 aliphatic carbocycles. The molecule has 3 rings (SSSR count). The van der Waals surface area contributed by atoms with E-state index in [1.54, 1.807) is 0 Å². The number of rotatable bonds is 1. The Morgan fingerprint density at radius 1 is 1.12 bits per heavy atom. The van der Waals surface area contributed by atoms with E-state index in [0.717, 1.165) is 27.0 Å². The monoisotopic (exact) mass is 279 g/mol. The third-order valence-electron chi connectivity index (χ3n) is 3.49. The Morgan fingerprint density at radius 2 is 1.81 bits per heavy atom. The van der Waals surface area contributed by atoms with Gasteiger partial charge in [-0.3, -0.25) is 0 Å². The summed E-state index contributed by atoms with van der Waals surface area (Å²) in [5.41, 5.74) is 5.65. The average molecular weight is 280 g/mol. The van der Waals surface area contributed by atoms with Crippen molar-refractivity contribution in [2.45, 2.75) is 39.5 Å². The summed E-state index contributed by atoms with van der Waals surface area (Å²) in [6.45, 7) is 6.32. The second-order valence-electron chi connectivity index (χ2n) is 4.69. The van der Waals surface area contributed by atoms with Crippen molar-refractivity contribution in [3.63, 3.8) is 0 Å². The molecule has 1 aromatic heterocycles. The van der Waals surface area contributed by atoms with Gasteiger partial charge in [0.2, 0.25) is 0 Å². The molecule has 1 saturated carbocycles. The topological polar surface area (TPSA) is 26.0 Å². The van der Waals surface area contributed by atoms with Crippen LogP contribution in [0.3, 0.4) is 0 Å². The Morgan fingerprint density at radius 3 is 2.44 bits per heavy atom. The summed E-state index contributed by atoms with van der Waals surface area (Å²) >= 11 is 3.63. The number of aryl methyl sites for hydroxylation is 2. The maximum absolute atomic E-state index is 5.90. The summed E-state index contributed by atoms with van der Waals surface area (Å²) < 4.78 is 7.05. The third kappa shape index (κ3) is 1.34. The van der Waals surface area contributed by atoms with Gasteiger partial charge < -0.3 is 4.42 Å². The summed E-state index contributed by atoms with van der Waals surface area (Å²) in [5, 5.41) is 0. The Kier molecular flexibility index (Phi) is 2.15. The van der Waals surface area contributed by atoms with Gasteiger partial charge in [0.1, 0.15) is 5.52 Å². The molecular weight excluding hydrogens is 266 g/mol. The highest BCUT2D eigenvalue weighted by molar-refractivity contribution is 9.10. The molecule has 1 aromatic carbocycles. The minimum atomic E-state index is 0.574. The van der Waals surface area contributed by atoms with Crippen LogP contribution in [-0.4, -0.2) is 4.98 Å². The van der Waals surface area contributed by atoms with Crippen LogP contribution < -0.4 is 0 Å². The SMILES string of the molecule is Cc1c(Br)c(C)c2oc(C3CC3)nc2c1C. The molecule has 1 aliphatic rings. The van der Waals surface area contributed by atoms with Gasteiger partial charge in [0.15, 0.2) is 11.5 Å². The third-order valence-corrected chi connectivity index (χ3v) is 4.68. The van der Waals surface area contributed by atoms with E-state index >= 15 is 0 Å². The van der Waals surface area contributed by atoms with Crippen molar-refractivity contribution < 1.29 is 4.42 Å². The second-order valence-corrected chi connectivity index (χ2v) is 5.49. The Labute approximate surface area is 103 Å². The number of fused-ring (bicyclic) bond motifs is 1. The molecular formula is C13H14BrNO. The highest BCUT2D eigenvalue weighted by Crippen LogP contribution is 2.42. The number of hydrogen-bond acceptors (Lipinski definition) is 2. The summed E-state index contributed by atoms with van der Waals surface area (Å²) in [6, 6.07) is 0. The fourth-order valence-electron chi connectivity index (χ4n) is 2.07. The first-order valence-electron chi connectivity index (χ1n) is 5.65. The highest BCUT2D eigenvalue weighted by atomic mass is 79.9. The van der Waals surface area contributed by atoms with Gasteiger partial charge in [-0.25, -0.2) is 4.98 Å². The zero-order valence-electron chi connectivity index (χ0n) is 9.72. The fraction of sp³-hybridized carbons (Fsp3) is 0.462. The molecule has 3 heteroatoms. The maximum Gasteiger partial charge on any atom is 0.198 e. The van der Waals surface area contributed by atoms with Gasteiger partial charge in [-0.1, -0.05) is 15.9 Å². The summed E-state index contributed by atoms with van der Waals surface area (Å²) in [7, 11) is 0. The zero-order chi connectivity index (χ0) is 11.4. The molecule has 1 heterocycles. The van der Waals surface area contributed by atoms with Gasteiger partial charge in [0.25, 0.3) is 0 Å². The standard InChI is InChI=1S/C13H14BrNO/c1-6-7(2)11-12(8(3)10(6)14)16-13(15-11)9-4-5-9/h9H,4-5H2,1-3H3. The number of hydrogen-bond donors (Lipinski definition) is 0. The van der Waals surface area contributed by atoms with E-state index in [0.29, 0.717) is 5.92 Å². The largest absolute Gasteiger partial charge is 0.440 e. The lowest BCUT2D eigenvalue weighted by molar-refractivity contribution is 0.531. The predicted octanol–water partition coefficient (Wildman–Crippen LogP) is 4.39. The second kappa shape index (κ2) is 3.33. The van der Waals surface area contributed by atoms with Crippen LogP contribution in [0.25, 0.3) is 11.1 Å². The van der Waals surface area contributed by atoms with Gasteiger partial charge in [-0.2, -0.15) is 0 Å². The van der Waals surface area contributed by atoms with Crippen LogP contribution in [0.1, 0.15) is 41.3 Å². The van der Waals surface area contributed by atoms with Gasteiger partial charge in [-0.05, 0) is 44.7 Å². The lowest BCUT2D eigenvalue weighted by Crippen LogP contribution is -1.89. The normalized spacial score (nSPS) is 16.0. The van der Waals surface area contributed by atoms with Crippen LogP contribution >= 0.6 is 15.9 Å². The number of halogens is 1. The van der Waals surface area contributed by atoms with E-state index < -0.39 is 0 Å². The van der Waals surface area contributed by atoms with Gasteiger partial charge in [0, 0.05) is 16.0 Å². The molecule has 0 atom stereocenters. The maximum atomic E-state index is 5.90. The summed E-state index contributed by atoms with van der Waals surface area (Å²) in [6.07, 6.45) is 2.45. The molecule has 0 radical (unpaired) electrons.